The third-order valence-corrected chi connectivity index (χ3v) is 7.28. The van der Waals surface area contributed by atoms with E-state index in [1.54, 1.807) is 7.11 Å². The number of hydrogen-bond donors (Lipinski definition) is 1. The SMILES string of the molecule is COc1ccc(-c2nc3ccc(N)cn3c2CN2CC3(C)CC2CC(C)(C)C3)cc1C. The van der Waals surface area contributed by atoms with E-state index in [1.807, 2.05) is 24.4 Å². The standard InChI is InChI=1S/C26H34N4O/c1-17-10-18(6-8-22(17)31-5)24-21(30-13-19(27)7-9-23(30)28-24)14-29-16-26(4)12-20(29)11-25(2,3)15-26/h6-10,13,20H,11-12,14-16,27H2,1-5H3. The van der Waals surface area contributed by atoms with Gasteiger partial charge in [0.05, 0.1) is 18.5 Å². The van der Waals surface area contributed by atoms with E-state index in [-0.39, 0.29) is 0 Å². The Hall–Kier alpha value is -2.53. The molecular weight excluding hydrogens is 384 g/mol. The summed E-state index contributed by atoms with van der Waals surface area (Å²) >= 11 is 0. The van der Waals surface area contributed by atoms with Crippen molar-refractivity contribution >= 4 is 11.3 Å². The number of aromatic nitrogens is 2. The van der Waals surface area contributed by atoms with Gasteiger partial charge in [-0.15, -0.1) is 0 Å². The van der Waals surface area contributed by atoms with E-state index in [9.17, 15) is 0 Å². The van der Waals surface area contributed by atoms with Crippen LogP contribution >= 0.6 is 0 Å². The lowest BCUT2D eigenvalue weighted by atomic mass is 9.65. The van der Waals surface area contributed by atoms with Gasteiger partial charge >= 0.3 is 0 Å². The summed E-state index contributed by atoms with van der Waals surface area (Å²) in [6.45, 7) is 11.5. The number of anilines is 1. The fourth-order valence-electron chi connectivity index (χ4n) is 6.47. The predicted octanol–water partition coefficient (Wildman–Crippen LogP) is 5.30. The number of fused-ring (bicyclic) bond motifs is 3. The fraction of sp³-hybridized carbons (Fsp3) is 0.500. The van der Waals surface area contributed by atoms with E-state index in [2.05, 4.69) is 49.1 Å². The van der Waals surface area contributed by atoms with Crippen molar-refractivity contribution in [1.82, 2.24) is 14.3 Å². The second-order valence-corrected chi connectivity index (χ2v) is 10.9. The van der Waals surface area contributed by atoms with Gasteiger partial charge in [0.1, 0.15) is 11.4 Å². The summed E-state index contributed by atoms with van der Waals surface area (Å²) in [4.78, 5) is 7.73. The van der Waals surface area contributed by atoms with Crippen molar-refractivity contribution in [3.8, 4) is 17.0 Å². The molecule has 0 radical (unpaired) electrons. The number of hydrogen-bond acceptors (Lipinski definition) is 4. The van der Waals surface area contributed by atoms with Crippen molar-refractivity contribution in [1.29, 1.82) is 0 Å². The first-order valence-corrected chi connectivity index (χ1v) is 11.3. The molecule has 0 amide bonds. The molecule has 2 bridgehead atoms. The molecule has 1 aliphatic heterocycles. The maximum absolute atomic E-state index is 6.17. The number of ether oxygens (including phenoxy) is 1. The predicted molar refractivity (Wildman–Crippen MR) is 126 cm³/mol. The third-order valence-electron chi connectivity index (χ3n) is 7.28. The van der Waals surface area contributed by atoms with E-state index >= 15 is 0 Å². The first kappa shape index (κ1) is 20.4. The Balaban J connectivity index is 1.59. The third kappa shape index (κ3) is 3.59. The molecule has 2 atom stereocenters. The molecule has 0 spiro atoms. The molecule has 3 aromatic rings. The van der Waals surface area contributed by atoms with Gasteiger partial charge in [-0.2, -0.15) is 0 Å². The lowest BCUT2D eigenvalue weighted by Crippen LogP contribution is -2.34. The molecule has 2 aromatic heterocycles. The first-order chi connectivity index (χ1) is 14.7. The summed E-state index contributed by atoms with van der Waals surface area (Å²) < 4.78 is 7.67. The number of imidazole rings is 1. The molecule has 5 rings (SSSR count). The highest BCUT2D eigenvalue weighted by Gasteiger charge is 2.49. The number of likely N-dealkylation sites (tertiary alicyclic amines) is 1. The molecule has 2 fully saturated rings. The van der Waals surface area contributed by atoms with Gasteiger partial charge in [0.2, 0.25) is 0 Å². The minimum atomic E-state index is 0.406. The number of aryl methyl sites for hydroxylation is 1. The molecular formula is C26H34N4O. The Morgan fingerprint density at radius 2 is 1.97 bits per heavy atom. The molecule has 2 unspecified atom stereocenters. The van der Waals surface area contributed by atoms with E-state index < -0.39 is 0 Å². The molecule has 1 saturated heterocycles. The molecule has 5 nitrogen and oxygen atoms in total. The van der Waals surface area contributed by atoms with Crippen LogP contribution in [0.4, 0.5) is 5.69 Å². The first-order valence-electron chi connectivity index (χ1n) is 11.3. The largest absolute Gasteiger partial charge is 0.496 e. The molecule has 1 saturated carbocycles. The van der Waals surface area contributed by atoms with Crippen LogP contribution < -0.4 is 10.5 Å². The maximum Gasteiger partial charge on any atom is 0.137 e. The maximum atomic E-state index is 6.17. The zero-order valence-corrected chi connectivity index (χ0v) is 19.4. The van der Waals surface area contributed by atoms with Gasteiger partial charge in [0.15, 0.2) is 0 Å². The number of methoxy groups -OCH3 is 1. The summed E-state index contributed by atoms with van der Waals surface area (Å²) in [6, 6.07) is 10.9. The van der Waals surface area contributed by atoms with Crippen LogP contribution in [-0.4, -0.2) is 34.0 Å². The average molecular weight is 419 g/mol. The van der Waals surface area contributed by atoms with E-state index in [0.29, 0.717) is 16.9 Å². The smallest absolute Gasteiger partial charge is 0.137 e. The molecule has 1 aliphatic carbocycles. The van der Waals surface area contributed by atoms with Crippen LogP contribution in [0.3, 0.4) is 0 Å². The quantitative estimate of drug-likeness (QED) is 0.624. The summed E-state index contributed by atoms with van der Waals surface area (Å²) in [6.07, 6.45) is 5.88. The Bertz CT molecular complexity index is 1150. The van der Waals surface area contributed by atoms with Gasteiger partial charge in [0, 0.05) is 36.6 Å². The average Bonchev–Trinajstić information content (AvgIpc) is 3.15. The van der Waals surface area contributed by atoms with Crippen LogP contribution in [0, 0.1) is 17.8 Å². The second kappa shape index (κ2) is 6.99. The Morgan fingerprint density at radius 1 is 1.16 bits per heavy atom. The van der Waals surface area contributed by atoms with Crippen molar-refractivity contribution in [2.45, 2.75) is 59.5 Å². The summed E-state index contributed by atoms with van der Waals surface area (Å²) in [5.74, 6) is 0.904. The van der Waals surface area contributed by atoms with Crippen LogP contribution in [0.15, 0.2) is 36.5 Å². The molecule has 164 valence electrons. The molecule has 5 heteroatoms. The highest BCUT2D eigenvalue weighted by molar-refractivity contribution is 5.69. The normalized spacial score (nSPS) is 25.3. The second-order valence-electron chi connectivity index (χ2n) is 10.9. The zero-order chi connectivity index (χ0) is 22.0. The molecule has 1 aromatic carbocycles. The Morgan fingerprint density at radius 3 is 2.71 bits per heavy atom. The van der Waals surface area contributed by atoms with Gasteiger partial charge in [-0.3, -0.25) is 4.90 Å². The van der Waals surface area contributed by atoms with Gasteiger partial charge in [0.25, 0.3) is 0 Å². The zero-order valence-electron chi connectivity index (χ0n) is 19.4. The van der Waals surface area contributed by atoms with E-state index in [4.69, 9.17) is 15.5 Å². The van der Waals surface area contributed by atoms with Crippen molar-refractivity contribution in [2.24, 2.45) is 10.8 Å². The summed E-state index contributed by atoms with van der Waals surface area (Å²) in [5, 5.41) is 0. The number of rotatable bonds is 4. The lowest BCUT2D eigenvalue weighted by Gasteiger charge is -2.40. The lowest BCUT2D eigenvalue weighted by molar-refractivity contribution is 0.126. The topological polar surface area (TPSA) is 55.8 Å². The number of benzene rings is 1. The monoisotopic (exact) mass is 418 g/mol. The summed E-state index contributed by atoms with van der Waals surface area (Å²) in [5.41, 5.74) is 13.2. The van der Waals surface area contributed by atoms with E-state index in [1.165, 1.54) is 25.0 Å². The summed E-state index contributed by atoms with van der Waals surface area (Å²) in [7, 11) is 1.72. The minimum Gasteiger partial charge on any atom is -0.496 e. The van der Waals surface area contributed by atoms with Gasteiger partial charge in [-0.25, -0.2) is 4.98 Å². The van der Waals surface area contributed by atoms with Crippen molar-refractivity contribution in [2.75, 3.05) is 19.4 Å². The number of nitrogen functional groups attached to an aromatic ring is 1. The van der Waals surface area contributed by atoms with Crippen molar-refractivity contribution in [3.63, 3.8) is 0 Å². The van der Waals surface area contributed by atoms with Gasteiger partial charge in [-0.1, -0.05) is 20.8 Å². The van der Waals surface area contributed by atoms with Crippen molar-refractivity contribution < 1.29 is 4.74 Å². The highest BCUT2D eigenvalue weighted by Crippen LogP contribution is 2.53. The number of nitrogens with two attached hydrogens (primary N) is 1. The molecule has 31 heavy (non-hydrogen) atoms. The van der Waals surface area contributed by atoms with Crippen molar-refractivity contribution in [3.05, 3.63) is 47.8 Å². The van der Waals surface area contributed by atoms with E-state index in [0.717, 1.165) is 47.0 Å². The van der Waals surface area contributed by atoms with Crippen LogP contribution in [0.25, 0.3) is 16.9 Å². The van der Waals surface area contributed by atoms with Crippen LogP contribution in [0.5, 0.6) is 5.75 Å². The molecule has 3 heterocycles. The van der Waals surface area contributed by atoms with Crippen LogP contribution in [0.2, 0.25) is 0 Å². The Kier molecular flexibility index (Phi) is 4.60. The minimum absolute atomic E-state index is 0.406. The number of nitrogens with zero attached hydrogens (tertiary/aromatic N) is 3. The highest BCUT2D eigenvalue weighted by atomic mass is 16.5. The van der Waals surface area contributed by atoms with Gasteiger partial charge < -0.3 is 14.9 Å². The molecule has 2 N–H and O–H groups in total. The van der Waals surface area contributed by atoms with Gasteiger partial charge in [-0.05, 0) is 72.9 Å². The fourth-order valence-corrected chi connectivity index (χ4v) is 6.47. The molecule has 2 aliphatic rings. The number of pyridine rings is 1. The Labute approximate surface area is 185 Å². The van der Waals surface area contributed by atoms with Crippen LogP contribution in [0.1, 0.15) is 51.3 Å². The van der Waals surface area contributed by atoms with Crippen LogP contribution in [-0.2, 0) is 6.54 Å².